The Hall–Kier alpha value is -1.19. The van der Waals surface area contributed by atoms with Crippen molar-refractivity contribution in [2.24, 2.45) is 11.8 Å². The van der Waals surface area contributed by atoms with Crippen molar-refractivity contribution in [3.05, 3.63) is 0 Å². The molecule has 156 valence electrons. The number of carbonyl (C=O) groups is 3. The van der Waals surface area contributed by atoms with Crippen LogP contribution in [-0.4, -0.2) is 76.5 Å². The van der Waals surface area contributed by atoms with Crippen LogP contribution in [-0.2, 0) is 19.1 Å². The lowest BCUT2D eigenvalue weighted by atomic mass is 9.70. The second kappa shape index (κ2) is 7.57. The molecule has 4 rings (SSSR count). The van der Waals surface area contributed by atoms with Crippen LogP contribution >= 0.6 is 15.9 Å². The van der Waals surface area contributed by atoms with Crippen molar-refractivity contribution in [2.75, 3.05) is 20.2 Å². The van der Waals surface area contributed by atoms with Gasteiger partial charge in [-0.25, -0.2) is 0 Å². The fourth-order valence-corrected chi connectivity index (χ4v) is 6.71. The van der Waals surface area contributed by atoms with Crippen molar-refractivity contribution in [3.63, 3.8) is 0 Å². The molecule has 4 aliphatic rings. The molecule has 6 atom stereocenters. The third-order valence-electron chi connectivity index (χ3n) is 6.88. The second-order valence-electron chi connectivity index (χ2n) is 8.38. The van der Waals surface area contributed by atoms with Gasteiger partial charge in [-0.05, 0) is 19.3 Å². The number of aliphatic hydroxyl groups is 1. The highest BCUT2D eigenvalue weighted by molar-refractivity contribution is 9.09. The van der Waals surface area contributed by atoms with Gasteiger partial charge in [0, 0.05) is 24.5 Å². The highest BCUT2D eigenvalue weighted by Gasteiger charge is 2.76. The number of hydrogen-bond donors (Lipinski definition) is 3. The molecule has 2 bridgehead atoms. The molecule has 28 heavy (non-hydrogen) atoms. The van der Waals surface area contributed by atoms with Crippen LogP contribution in [0.2, 0.25) is 0 Å². The Kier molecular flexibility index (Phi) is 5.43. The molecule has 0 aromatic rings. The number of hydrogen-bond acceptors (Lipinski definition) is 5. The van der Waals surface area contributed by atoms with Crippen molar-refractivity contribution in [1.29, 1.82) is 0 Å². The van der Waals surface area contributed by atoms with Crippen molar-refractivity contribution in [3.8, 4) is 0 Å². The monoisotopic (exact) mass is 457 g/mol. The van der Waals surface area contributed by atoms with Gasteiger partial charge in [0.1, 0.15) is 11.6 Å². The standard InChI is InChI=1S/C19H28BrN3O5/c1-21-16(25)12-13-18(27)23(7-8-24)15(19(13)9-11(20)14(12)28-19)17(26)22-10-5-3-2-4-6-10/h10-15,24H,2-9H2,1H3,(H,21,25)(H,22,26)/t11?,12-,13+,14-,15?,19?/m1/s1. The van der Waals surface area contributed by atoms with Gasteiger partial charge < -0.3 is 25.4 Å². The number of carbonyl (C=O) groups excluding carboxylic acids is 3. The highest BCUT2D eigenvalue weighted by atomic mass is 79.9. The number of amides is 3. The fourth-order valence-electron chi connectivity index (χ4n) is 5.77. The largest absolute Gasteiger partial charge is 0.395 e. The first kappa shape index (κ1) is 20.1. The zero-order valence-corrected chi connectivity index (χ0v) is 17.6. The summed E-state index contributed by atoms with van der Waals surface area (Å²) in [6, 6.07) is -0.713. The summed E-state index contributed by atoms with van der Waals surface area (Å²) in [6.45, 7) is -0.186. The maximum atomic E-state index is 13.3. The van der Waals surface area contributed by atoms with Gasteiger partial charge in [-0.1, -0.05) is 35.2 Å². The third-order valence-corrected chi connectivity index (χ3v) is 7.72. The van der Waals surface area contributed by atoms with Crippen LogP contribution in [0.3, 0.4) is 0 Å². The molecular formula is C19H28BrN3O5. The smallest absolute Gasteiger partial charge is 0.246 e. The maximum Gasteiger partial charge on any atom is 0.246 e. The van der Waals surface area contributed by atoms with E-state index in [0.29, 0.717) is 6.42 Å². The summed E-state index contributed by atoms with van der Waals surface area (Å²) >= 11 is 3.60. The molecular weight excluding hydrogens is 430 g/mol. The minimum Gasteiger partial charge on any atom is -0.395 e. The summed E-state index contributed by atoms with van der Waals surface area (Å²) in [7, 11) is 1.54. The van der Waals surface area contributed by atoms with E-state index < -0.39 is 29.6 Å². The number of nitrogens with one attached hydrogen (secondary N) is 2. The average Bonchev–Trinajstić information content (AvgIpc) is 3.26. The Labute approximate surface area is 172 Å². The molecule has 1 aliphatic carbocycles. The van der Waals surface area contributed by atoms with Crippen molar-refractivity contribution in [2.45, 2.75) is 67.1 Å². The molecule has 0 aromatic heterocycles. The van der Waals surface area contributed by atoms with E-state index >= 15 is 0 Å². The van der Waals surface area contributed by atoms with Crippen molar-refractivity contribution >= 4 is 33.7 Å². The minimum atomic E-state index is -1.03. The van der Waals surface area contributed by atoms with E-state index in [4.69, 9.17) is 4.74 Å². The Morgan fingerprint density at radius 3 is 2.64 bits per heavy atom. The topological polar surface area (TPSA) is 108 Å². The van der Waals surface area contributed by atoms with Gasteiger partial charge in [0.2, 0.25) is 17.7 Å². The van der Waals surface area contributed by atoms with Gasteiger partial charge in [-0.15, -0.1) is 0 Å². The van der Waals surface area contributed by atoms with E-state index in [2.05, 4.69) is 26.6 Å². The second-order valence-corrected chi connectivity index (χ2v) is 9.55. The molecule has 3 aliphatic heterocycles. The Bertz CT molecular complexity index is 670. The summed E-state index contributed by atoms with van der Waals surface area (Å²) in [5, 5.41) is 15.3. The van der Waals surface area contributed by atoms with Crippen LogP contribution in [0, 0.1) is 11.8 Å². The summed E-state index contributed by atoms with van der Waals surface area (Å²) in [4.78, 5) is 40.5. The Morgan fingerprint density at radius 1 is 1.29 bits per heavy atom. The Balaban J connectivity index is 1.67. The first-order valence-electron chi connectivity index (χ1n) is 10.2. The average molecular weight is 458 g/mol. The first-order valence-corrected chi connectivity index (χ1v) is 11.1. The lowest BCUT2D eigenvalue weighted by molar-refractivity contribution is -0.142. The summed E-state index contributed by atoms with van der Waals surface area (Å²) in [5.41, 5.74) is -1.03. The van der Waals surface area contributed by atoms with Gasteiger partial charge >= 0.3 is 0 Å². The van der Waals surface area contributed by atoms with E-state index in [0.717, 1.165) is 25.7 Å². The van der Waals surface area contributed by atoms with Crippen molar-refractivity contribution in [1.82, 2.24) is 15.5 Å². The van der Waals surface area contributed by atoms with E-state index in [-0.39, 0.29) is 41.7 Å². The first-order chi connectivity index (χ1) is 13.4. The number of aliphatic hydroxyl groups excluding tert-OH is 1. The molecule has 9 heteroatoms. The number of β-amino-alcohol motifs (C(OH)–C–C–N with tert-alkyl or cyclic N) is 1. The third kappa shape index (κ3) is 2.89. The number of fused-ring (bicyclic) bond motifs is 1. The van der Waals surface area contributed by atoms with E-state index in [1.54, 1.807) is 7.05 Å². The van der Waals surface area contributed by atoms with Crippen LogP contribution in [0.15, 0.2) is 0 Å². The lowest BCUT2D eigenvalue weighted by Gasteiger charge is -2.35. The minimum absolute atomic E-state index is 0.0568. The predicted octanol–water partition coefficient (Wildman–Crippen LogP) is -0.0784. The summed E-state index contributed by atoms with van der Waals surface area (Å²) < 4.78 is 6.29. The molecule has 3 saturated heterocycles. The number of likely N-dealkylation sites (tertiary alicyclic amines) is 1. The number of halogens is 1. The maximum absolute atomic E-state index is 13.3. The van der Waals surface area contributed by atoms with Crippen LogP contribution in [0.1, 0.15) is 38.5 Å². The highest BCUT2D eigenvalue weighted by Crippen LogP contribution is 2.59. The van der Waals surface area contributed by atoms with Gasteiger partial charge in [-0.2, -0.15) is 0 Å². The molecule has 3 amide bonds. The molecule has 4 fully saturated rings. The quantitative estimate of drug-likeness (QED) is 0.500. The zero-order valence-electron chi connectivity index (χ0n) is 16.0. The molecule has 1 spiro atoms. The molecule has 8 nitrogen and oxygen atoms in total. The van der Waals surface area contributed by atoms with Gasteiger partial charge in [0.25, 0.3) is 0 Å². The van der Waals surface area contributed by atoms with E-state index in [9.17, 15) is 19.5 Å². The summed E-state index contributed by atoms with van der Waals surface area (Å²) in [5.74, 6) is -2.07. The normalized spacial score (nSPS) is 39.9. The number of ether oxygens (including phenoxy) is 1. The Morgan fingerprint density at radius 2 is 2.00 bits per heavy atom. The lowest BCUT2D eigenvalue weighted by Crippen LogP contribution is -2.57. The van der Waals surface area contributed by atoms with Crippen LogP contribution in [0.4, 0.5) is 0 Å². The number of alkyl halides is 1. The molecule has 1 saturated carbocycles. The predicted molar refractivity (Wildman–Crippen MR) is 104 cm³/mol. The SMILES string of the molecule is CNC(=O)[C@H]1[C@@H]2OC3(CC2Br)C(C(=O)NC2CCCCC2)N(CCO)C(=O)[C@H]13. The van der Waals surface area contributed by atoms with E-state index in [1.807, 2.05) is 0 Å². The molecule has 3 N–H and O–H groups in total. The molecule has 3 heterocycles. The fraction of sp³-hybridized carbons (Fsp3) is 0.842. The molecule has 0 aromatic carbocycles. The zero-order chi connectivity index (χ0) is 20.1. The van der Waals surface area contributed by atoms with Crippen LogP contribution in [0.25, 0.3) is 0 Å². The molecule has 3 unspecified atom stereocenters. The van der Waals surface area contributed by atoms with Gasteiger partial charge in [-0.3, -0.25) is 14.4 Å². The van der Waals surface area contributed by atoms with Gasteiger partial charge in [0.15, 0.2) is 0 Å². The van der Waals surface area contributed by atoms with Crippen LogP contribution in [0.5, 0.6) is 0 Å². The molecule has 0 radical (unpaired) electrons. The number of nitrogens with zero attached hydrogens (tertiary/aromatic N) is 1. The van der Waals surface area contributed by atoms with E-state index in [1.165, 1.54) is 11.3 Å². The van der Waals surface area contributed by atoms with Gasteiger partial charge in [0.05, 0.1) is 24.5 Å². The van der Waals surface area contributed by atoms with Crippen molar-refractivity contribution < 1.29 is 24.2 Å². The number of rotatable bonds is 5. The van der Waals surface area contributed by atoms with Crippen LogP contribution < -0.4 is 10.6 Å². The summed E-state index contributed by atoms with van der Waals surface area (Å²) in [6.07, 6.45) is 5.29.